The van der Waals surface area contributed by atoms with Crippen molar-refractivity contribution in [3.8, 4) is 5.75 Å². The molecule has 1 unspecified atom stereocenters. The van der Waals surface area contributed by atoms with Gasteiger partial charge < -0.3 is 4.74 Å². The van der Waals surface area contributed by atoms with Crippen molar-refractivity contribution in [2.75, 3.05) is 5.33 Å². The summed E-state index contributed by atoms with van der Waals surface area (Å²) in [5.74, 6) is -1.16. The molecule has 0 spiro atoms. The molecular formula is C10H11BrF2O. The lowest BCUT2D eigenvalue weighted by molar-refractivity contribution is 0.209. The average molecular weight is 265 g/mol. The van der Waals surface area contributed by atoms with E-state index in [9.17, 15) is 8.78 Å². The second-order valence-electron chi connectivity index (χ2n) is 2.98. The van der Waals surface area contributed by atoms with Crippen LogP contribution in [0.1, 0.15) is 13.3 Å². The van der Waals surface area contributed by atoms with Crippen LogP contribution in [0.2, 0.25) is 0 Å². The molecule has 0 aliphatic rings. The summed E-state index contributed by atoms with van der Waals surface area (Å²) in [6.07, 6.45) is 0.686. The maximum Gasteiger partial charge on any atom is 0.167 e. The number of alkyl halides is 1. The van der Waals surface area contributed by atoms with Crippen LogP contribution in [0.5, 0.6) is 5.75 Å². The highest BCUT2D eigenvalue weighted by molar-refractivity contribution is 9.09. The fourth-order valence-corrected chi connectivity index (χ4v) is 1.64. The fraction of sp³-hybridized carbons (Fsp3) is 0.400. The van der Waals surface area contributed by atoms with Gasteiger partial charge in [0.15, 0.2) is 11.6 Å². The van der Waals surface area contributed by atoms with Gasteiger partial charge in [0, 0.05) is 11.4 Å². The van der Waals surface area contributed by atoms with E-state index in [0.29, 0.717) is 0 Å². The summed E-state index contributed by atoms with van der Waals surface area (Å²) in [6, 6.07) is 3.30. The Hall–Kier alpha value is -0.640. The van der Waals surface area contributed by atoms with E-state index in [-0.39, 0.29) is 11.9 Å². The van der Waals surface area contributed by atoms with Crippen LogP contribution in [0.3, 0.4) is 0 Å². The third kappa shape index (κ3) is 3.25. The second kappa shape index (κ2) is 5.29. The van der Waals surface area contributed by atoms with Gasteiger partial charge in [0.2, 0.25) is 0 Å². The molecule has 0 bridgehead atoms. The van der Waals surface area contributed by atoms with Gasteiger partial charge in [0.05, 0.1) is 6.10 Å². The third-order valence-corrected chi connectivity index (χ3v) is 2.20. The van der Waals surface area contributed by atoms with Crippen molar-refractivity contribution in [2.24, 2.45) is 0 Å². The van der Waals surface area contributed by atoms with Crippen molar-refractivity contribution in [3.05, 3.63) is 29.8 Å². The summed E-state index contributed by atoms with van der Waals surface area (Å²) in [7, 11) is 0. The maximum absolute atomic E-state index is 13.1. The molecule has 0 heterocycles. The summed E-state index contributed by atoms with van der Waals surface area (Å²) in [5, 5.41) is 0.789. The first-order chi connectivity index (χ1) is 6.63. The van der Waals surface area contributed by atoms with E-state index in [1.807, 2.05) is 6.92 Å². The SMILES string of the molecule is CC(CCBr)Oc1ccc(F)cc1F. The molecule has 0 aliphatic heterocycles. The van der Waals surface area contributed by atoms with Crippen molar-refractivity contribution in [1.82, 2.24) is 0 Å². The topological polar surface area (TPSA) is 9.23 Å². The Balaban J connectivity index is 2.67. The standard InChI is InChI=1S/C10H11BrF2O/c1-7(4-5-11)14-10-3-2-8(12)6-9(10)13/h2-3,6-7H,4-5H2,1H3. The van der Waals surface area contributed by atoms with Crippen molar-refractivity contribution in [3.63, 3.8) is 0 Å². The van der Waals surface area contributed by atoms with E-state index >= 15 is 0 Å². The molecule has 1 aromatic rings. The number of hydrogen-bond donors (Lipinski definition) is 0. The van der Waals surface area contributed by atoms with E-state index in [2.05, 4.69) is 15.9 Å². The number of ether oxygens (including phenoxy) is 1. The molecule has 0 aromatic heterocycles. The largest absolute Gasteiger partial charge is 0.488 e. The number of rotatable bonds is 4. The zero-order chi connectivity index (χ0) is 10.6. The van der Waals surface area contributed by atoms with Gasteiger partial charge in [-0.15, -0.1) is 0 Å². The first-order valence-electron chi connectivity index (χ1n) is 4.31. The summed E-state index contributed by atoms with van der Waals surface area (Å²) in [5.41, 5.74) is 0. The van der Waals surface area contributed by atoms with Gasteiger partial charge >= 0.3 is 0 Å². The second-order valence-corrected chi connectivity index (χ2v) is 3.77. The van der Waals surface area contributed by atoms with E-state index in [1.54, 1.807) is 0 Å². The Kier molecular flexibility index (Phi) is 4.32. The first-order valence-corrected chi connectivity index (χ1v) is 5.43. The molecule has 0 radical (unpaired) electrons. The number of hydrogen-bond acceptors (Lipinski definition) is 1. The predicted molar refractivity (Wildman–Crippen MR) is 54.9 cm³/mol. The monoisotopic (exact) mass is 264 g/mol. The summed E-state index contributed by atoms with van der Waals surface area (Å²) in [4.78, 5) is 0. The van der Waals surface area contributed by atoms with Crippen LogP contribution in [-0.2, 0) is 0 Å². The van der Waals surface area contributed by atoms with Gasteiger partial charge in [-0.05, 0) is 25.5 Å². The van der Waals surface area contributed by atoms with Gasteiger partial charge in [0.1, 0.15) is 5.82 Å². The molecule has 0 fully saturated rings. The molecule has 4 heteroatoms. The highest BCUT2D eigenvalue weighted by Crippen LogP contribution is 2.19. The number of halogens is 3. The highest BCUT2D eigenvalue weighted by Gasteiger charge is 2.08. The molecular weight excluding hydrogens is 254 g/mol. The molecule has 0 aliphatic carbocycles. The van der Waals surface area contributed by atoms with Gasteiger partial charge in [-0.1, -0.05) is 15.9 Å². The summed E-state index contributed by atoms with van der Waals surface area (Å²) >= 11 is 3.26. The average Bonchev–Trinajstić information content (AvgIpc) is 2.10. The Bertz CT molecular complexity index is 304. The Morgan fingerprint density at radius 2 is 2.14 bits per heavy atom. The van der Waals surface area contributed by atoms with Crippen LogP contribution in [-0.4, -0.2) is 11.4 Å². The Labute approximate surface area is 90.2 Å². The van der Waals surface area contributed by atoms with Crippen LogP contribution in [0.4, 0.5) is 8.78 Å². The van der Waals surface area contributed by atoms with Crippen molar-refractivity contribution >= 4 is 15.9 Å². The predicted octanol–water partition coefficient (Wildman–Crippen LogP) is 3.52. The third-order valence-electron chi connectivity index (χ3n) is 1.74. The van der Waals surface area contributed by atoms with E-state index in [0.717, 1.165) is 17.8 Å². The Morgan fingerprint density at radius 1 is 1.43 bits per heavy atom. The molecule has 78 valence electrons. The van der Waals surface area contributed by atoms with Crippen LogP contribution in [0.25, 0.3) is 0 Å². The minimum atomic E-state index is -0.661. The maximum atomic E-state index is 13.1. The fourth-order valence-electron chi connectivity index (χ4n) is 1.00. The molecule has 14 heavy (non-hydrogen) atoms. The first kappa shape index (κ1) is 11.4. The van der Waals surface area contributed by atoms with Crippen LogP contribution < -0.4 is 4.74 Å². The highest BCUT2D eigenvalue weighted by atomic mass is 79.9. The molecule has 0 N–H and O–H groups in total. The lowest BCUT2D eigenvalue weighted by Crippen LogP contribution is -2.12. The molecule has 0 saturated carbocycles. The molecule has 0 saturated heterocycles. The minimum absolute atomic E-state index is 0.0886. The quantitative estimate of drug-likeness (QED) is 0.757. The van der Waals surface area contributed by atoms with E-state index in [4.69, 9.17) is 4.74 Å². The van der Waals surface area contributed by atoms with Crippen molar-refractivity contribution in [1.29, 1.82) is 0 Å². The molecule has 0 amide bonds. The summed E-state index contributed by atoms with van der Waals surface area (Å²) < 4.78 is 30.9. The van der Waals surface area contributed by atoms with E-state index in [1.165, 1.54) is 12.1 Å². The number of benzene rings is 1. The normalized spacial score (nSPS) is 12.6. The molecule has 1 aromatic carbocycles. The molecule has 1 nitrogen and oxygen atoms in total. The van der Waals surface area contributed by atoms with Crippen molar-refractivity contribution in [2.45, 2.75) is 19.4 Å². The lowest BCUT2D eigenvalue weighted by atomic mass is 10.3. The van der Waals surface area contributed by atoms with Gasteiger partial charge in [0.25, 0.3) is 0 Å². The van der Waals surface area contributed by atoms with Gasteiger partial charge in [-0.25, -0.2) is 8.78 Å². The van der Waals surface area contributed by atoms with Gasteiger partial charge in [-0.2, -0.15) is 0 Å². The zero-order valence-corrected chi connectivity index (χ0v) is 9.35. The summed E-state index contributed by atoms with van der Waals surface area (Å²) in [6.45, 7) is 1.84. The van der Waals surface area contributed by atoms with Crippen LogP contribution >= 0.6 is 15.9 Å². The smallest absolute Gasteiger partial charge is 0.167 e. The van der Waals surface area contributed by atoms with Gasteiger partial charge in [-0.3, -0.25) is 0 Å². The Morgan fingerprint density at radius 3 is 2.71 bits per heavy atom. The zero-order valence-electron chi connectivity index (χ0n) is 7.77. The molecule has 1 rings (SSSR count). The minimum Gasteiger partial charge on any atom is -0.488 e. The van der Waals surface area contributed by atoms with Crippen LogP contribution in [0, 0.1) is 11.6 Å². The molecule has 1 atom stereocenters. The van der Waals surface area contributed by atoms with Crippen LogP contribution in [0.15, 0.2) is 18.2 Å². The lowest BCUT2D eigenvalue weighted by Gasteiger charge is -2.13. The van der Waals surface area contributed by atoms with E-state index < -0.39 is 11.6 Å². The van der Waals surface area contributed by atoms with Crippen molar-refractivity contribution < 1.29 is 13.5 Å².